The molecular formula is C19H26IN3O2. The summed E-state index contributed by atoms with van der Waals surface area (Å²) in [4.78, 5) is 4.27. The number of nitrogens with one attached hydrogen (secondary N) is 2. The van der Waals surface area contributed by atoms with E-state index >= 15 is 0 Å². The molecule has 2 aromatic carbocycles. The highest BCUT2D eigenvalue weighted by atomic mass is 127. The number of ether oxygens (including phenoxy) is 2. The maximum Gasteiger partial charge on any atom is 0.195 e. The first-order valence-electron chi connectivity index (χ1n) is 7.98. The van der Waals surface area contributed by atoms with Crippen molar-refractivity contribution in [2.24, 2.45) is 4.99 Å². The van der Waals surface area contributed by atoms with Gasteiger partial charge in [-0.15, -0.1) is 24.0 Å². The van der Waals surface area contributed by atoms with Crippen LogP contribution in [0.1, 0.15) is 18.1 Å². The monoisotopic (exact) mass is 455 g/mol. The van der Waals surface area contributed by atoms with Crippen LogP contribution in [0.25, 0.3) is 0 Å². The van der Waals surface area contributed by atoms with Crippen LogP contribution in [0.3, 0.4) is 0 Å². The van der Waals surface area contributed by atoms with Crippen molar-refractivity contribution >= 4 is 35.6 Å². The van der Waals surface area contributed by atoms with Crippen molar-refractivity contribution in [2.45, 2.75) is 19.9 Å². The fourth-order valence-corrected chi connectivity index (χ4v) is 2.48. The second-order valence-electron chi connectivity index (χ2n) is 5.24. The van der Waals surface area contributed by atoms with E-state index in [1.165, 1.54) is 11.1 Å². The van der Waals surface area contributed by atoms with Crippen LogP contribution in [-0.2, 0) is 13.0 Å². The molecule has 0 saturated heterocycles. The Morgan fingerprint density at radius 1 is 1.00 bits per heavy atom. The molecule has 0 aliphatic carbocycles. The Morgan fingerprint density at radius 2 is 1.68 bits per heavy atom. The van der Waals surface area contributed by atoms with E-state index in [1.807, 2.05) is 18.2 Å². The molecule has 2 N–H and O–H groups in total. The van der Waals surface area contributed by atoms with Crippen molar-refractivity contribution in [2.75, 3.05) is 26.6 Å². The van der Waals surface area contributed by atoms with E-state index in [4.69, 9.17) is 9.47 Å². The van der Waals surface area contributed by atoms with Gasteiger partial charge in [-0.3, -0.25) is 4.99 Å². The van der Waals surface area contributed by atoms with Crippen LogP contribution in [0.4, 0.5) is 5.69 Å². The number of guanidine groups is 1. The highest BCUT2D eigenvalue weighted by Crippen LogP contribution is 2.29. The molecule has 0 amide bonds. The van der Waals surface area contributed by atoms with Gasteiger partial charge in [0.15, 0.2) is 17.5 Å². The first-order valence-corrected chi connectivity index (χ1v) is 7.98. The molecule has 0 aliphatic heterocycles. The number of nitrogens with zero attached hydrogens (tertiary/aromatic N) is 1. The molecule has 0 aromatic heterocycles. The fourth-order valence-electron chi connectivity index (χ4n) is 2.48. The number of aliphatic imine (C=N–C) groups is 1. The van der Waals surface area contributed by atoms with Crippen molar-refractivity contribution in [1.29, 1.82) is 0 Å². The van der Waals surface area contributed by atoms with Gasteiger partial charge in [-0.2, -0.15) is 0 Å². The maximum atomic E-state index is 5.33. The minimum Gasteiger partial charge on any atom is -0.493 e. The molecule has 0 atom stereocenters. The fraction of sp³-hybridized carbons (Fsp3) is 0.316. The normalized spacial score (nSPS) is 10.6. The largest absolute Gasteiger partial charge is 0.493 e. The predicted molar refractivity (Wildman–Crippen MR) is 115 cm³/mol. The van der Waals surface area contributed by atoms with Crippen LogP contribution in [0.5, 0.6) is 11.5 Å². The molecule has 0 radical (unpaired) electrons. The third-order valence-electron chi connectivity index (χ3n) is 3.82. The summed E-state index contributed by atoms with van der Waals surface area (Å²) in [7, 11) is 4.99. The Morgan fingerprint density at radius 3 is 2.28 bits per heavy atom. The first-order chi connectivity index (χ1) is 11.7. The molecule has 0 spiro atoms. The predicted octanol–water partition coefficient (Wildman–Crippen LogP) is 4.07. The van der Waals surface area contributed by atoms with E-state index in [9.17, 15) is 0 Å². The Balaban J connectivity index is 0.00000312. The van der Waals surface area contributed by atoms with E-state index in [0.717, 1.165) is 18.7 Å². The Kier molecular flexibility index (Phi) is 9.12. The number of methoxy groups -OCH3 is 2. The third kappa shape index (κ3) is 5.81. The summed E-state index contributed by atoms with van der Waals surface area (Å²) in [6.07, 6.45) is 1.01. The smallest absolute Gasteiger partial charge is 0.195 e. The van der Waals surface area contributed by atoms with Crippen molar-refractivity contribution in [3.63, 3.8) is 0 Å². The molecule has 0 bridgehead atoms. The second kappa shape index (κ2) is 10.8. The summed E-state index contributed by atoms with van der Waals surface area (Å²) in [6.45, 7) is 2.88. The van der Waals surface area contributed by atoms with Crippen LogP contribution in [0.15, 0.2) is 47.5 Å². The zero-order valence-electron chi connectivity index (χ0n) is 15.1. The molecule has 5 nitrogen and oxygen atoms in total. The van der Waals surface area contributed by atoms with Gasteiger partial charge in [0.1, 0.15) is 0 Å². The summed E-state index contributed by atoms with van der Waals surface area (Å²) in [5.74, 6) is 2.07. The quantitative estimate of drug-likeness (QED) is 0.392. The minimum atomic E-state index is 0. The van der Waals surface area contributed by atoms with Gasteiger partial charge in [-0.25, -0.2) is 0 Å². The Bertz CT molecular complexity index is 705. The van der Waals surface area contributed by atoms with Gasteiger partial charge in [0, 0.05) is 25.3 Å². The molecule has 2 rings (SSSR count). The third-order valence-corrected chi connectivity index (χ3v) is 3.82. The Hall–Kier alpha value is -1.96. The van der Waals surface area contributed by atoms with Crippen molar-refractivity contribution in [3.8, 4) is 11.5 Å². The summed E-state index contributed by atoms with van der Waals surface area (Å²) < 4.78 is 10.6. The molecule has 0 saturated carbocycles. The van der Waals surface area contributed by atoms with Gasteiger partial charge < -0.3 is 20.1 Å². The van der Waals surface area contributed by atoms with E-state index in [0.29, 0.717) is 17.5 Å². The average Bonchev–Trinajstić information content (AvgIpc) is 2.65. The molecule has 6 heteroatoms. The summed E-state index contributed by atoms with van der Waals surface area (Å²) in [5.41, 5.74) is 3.49. The van der Waals surface area contributed by atoms with E-state index in [-0.39, 0.29) is 24.0 Å². The molecule has 25 heavy (non-hydrogen) atoms. The van der Waals surface area contributed by atoms with Crippen molar-refractivity contribution < 1.29 is 9.47 Å². The number of anilines is 1. The minimum absolute atomic E-state index is 0. The number of hydrogen-bond acceptors (Lipinski definition) is 3. The SMILES string of the molecule is CCc1ccccc1CNC(=NC)Nc1ccc(OC)c(OC)c1.I. The highest BCUT2D eigenvalue weighted by molar-refractivity contribution is 14.0. The first kappa shape index (κ1) is 21.1. The maximum absolute atomic E-state index is 5.33. The number of rotatable bonds is 6. The lowest BCUT2D eigenvalue weighted by Crippen LogP contribution is -2.30. The number of hydrogen-bond donors (Lipinski definition) is 2. The van der Waals surface area contributed by atoms with Crippen molar-refractivity contribution in [1.82, 2.24) is 5.32 Å². The van der Waals surface area contributed by atoms with Gasteiger partial charge in [-0.05, 0) is 29.7 Å². The second-order valence-corrected chi connectivity index (χ2v) is 5.24. The van der Waals surface area contributed by atoms with Crippen LogP contribution in [-0.4, -0.2) is 27.2 Å². The van der Waals surface area contributed by atoms with Crippen LogP contribution >= 0.6 is 24.0 Å². The molecular weight excluding hydrogens is 429 g/mol. The zero-order chi connectivity index (χ0) is 17.4. The van der Waals surface area contributed by atoms with E-state index < -0.39 is 0 Å². The molecule has 136 valence electrons. The van der Waals surface area contributed by atoms with Gasteiger partial charge in [0.05, 0.1) is 14.2 Å². The van der Waals surface area contributed by atoms with Gasteiger partial charge in [0.25, 0.3) is 0 Å². The van der Waals surface area contributed by atoms with Crippen LogP contribution in [0.2, 0.25) is 0 Å². The van der Waals surface area contributed by atoms with E-state index in [1.54, 1.807) is 21.3 Å². The molecule has 0 heterocycles. The van der Waals surface area contributed by atoms with Crippen molar-refractivity contribution in [3.05, 3.63) is 53.6 Å². The number of benzene rings is 2. The molecule has 0 fully saturated rings. The van der Waals surface area contributed by atoms with Gasteiger partial charge in [0.2, 0.25) is 0 Å². The summed E-state index contributed by atoms with van der Waals surface area (Å²) in [6, 6.07) is 14.1. The lowest BCUT2D eigenvalue weighted by atomic mass is 10.1. The van der Waals surface area contributed by atoms with Gasteiger partial charge in [-0.1, -0.05) is 31.2 Å². The van der Waals surface area contributed by atoms with E-state index in [2.05, 4.69) is 46.8 Å². The lowest BCUT2D eigenvalue weighted by molar-refractivity contribution is 0.355. The Labute approximate surface area is 166 Å². The number of aryl methyl sites for hydroxylation is 1. The lowest BCUT2D eigenvalue weighted by Gasteiger charge is -2.15. The van der Waals surface area contributed by atoms with Crippen LogP contribution < -0.4 is 20.1 Å². The highest BCUT2D eigenvalue weighted by Gasteiger charge is 2.07. The van der Waals surface area contributed by atoms with Gasteiger partial charge >= 0.3 is 0 Å². The zero-order valence-corrected chi connectivity index (χ0v) is 17.5. The molecule has 2 aromatic rings. The average molecular weight is 455 g/mol. The molecule has 0 unspecified atom stereocenters. The topological polar surface area (TPSA) is 54.9 Å². The number of halogens is 1. The summed E-state index contributed by atoms with van der Waals surface area (Å²) in [5, 5.41) is 6.61. The summed E-state index contributed by atoms with van der Waals surface area (Å²) >= 11 is 0. The van der Waals surface area contributed by atoms with Crippen LogP contribution in [0, 0.1) is 0 Å². The standard InChI is InChI=1S/C19H25N3O2.HI/c1-5-14-8-6-7-9-15(14)13-21-19(20-2)22-16-10-11-17(23-3)18(12-16)24-4;/h6-12H,5,13H2,1-4H3,(H2,20,21,22);1H. The molecule has 0 aliphatic rings.